The summed E-state index contributed by atoms with van der Waals surface area (Å²) in [6.45, 7) is 3.02. The third kappa shape index (κ3) is 5.52. The number of benzene rings is 1. The molecule has 5 heteroatoms. The van der Waals surface area contributed by atoms with Crippen molar-refractivity contribution in [1.82, 2.24) is 15.1 Å². The molecule has 144 valence electrons. The predicted octanol–water partition coefficient (Wildman–Crippen LogP) is 3.20. The first kappa shape index (κ1) is 19.3. The Labute approximate surface area is 156 Å². The fraction of sp³-hybridized carbons (Fsp3) is 0.667. The molecule has 1 atom stereocenters. The van der Waals surface area contributed by atoms with Gasteiger partial charge < -0.3 is 10.2 Å². The second-order valence-corrected chi connectivity index (χ2v) is 8.16. The van der Waals surface area contributed by atoms with Crippen LogP contribution in [-0.2, 0) is 4.79 Å². The van der Waals surface area contributed by atoms with Gasteiger partial charge in [0.1, 0.15) is 11.9 Å². The molecular weight excluding hydrogens is 329 g/mol. The zero-order chi connectivity index (χ0) is 18.5. The van der Waals surface area contributed by atoms with Gasteiger partial charge in [-0.2, -0.15) is 0 Å². The van der Waals surface area contributed by atoms with E-state index in [-0.39, 0.29) is 17.8 Å². The fourth-order valence-electron chi connectivity index (χ4n) is 3.88. The lowest BCUT2D eigenvalue weighted by Crippen LogP contribution is -2.44. The number of hydrogen-bond donors (Lipinski definition) is 1. The molecule has 1 amide bonds. The maximum atomic E-state index is 13.3. The molecule has 3 rings (SSSR count). The summed E-state index contributed by atoms with van der Waals surface area (Å²) in [5.41, 5.74) is 0.899. The average Bonchev–Trinajstić information content (AvgIpc) is 3.42. The van der Waals surface area contributed by atoms with E-state index in [1.165, 1.54) is 25.0 Å². The topological polar surface area (TPSA) is 35.6 Å². The van der Waals surface area contributed by atoms with Crippen molar-refractivity contribution >= 4 is 5.91 Å². The molecule has 0 spiro atoms. The van der Waals surface area contributed by atoms with Crippen LogP contribution in [0.2, 0.25) is 0 Å². The minimum absolute atomic E-state index is 0.0742. The summed E-state index contributed by atoms with van der Waals surface area (Å²) in [5, 5.41) is 3.14. The number of nitrogens with zero attached hydrogens (tertiary/aromatic N) is 2. The highest BCUT2D eigenvalue weighted by molar-refractivity contribution is 5.83. The zero-order valence-electron chi connectivity index (χ0n) is 16.1. The molecule has 1 aliphatic heterocycles. The average molecular weight is 362 g/mol. The van der Waals surface area contributed by atoms with Gasteiger partial charge in [0.15, 0.2) is 0 Å². The molecule has 1 aliphatic carbocycles. The number of hydrogen-bond acceptors (Lipinski definition) is 3. The molecule has 0 bridgehead atoms. The molecular formula is C21H32FN3O. The van der Waals surface area contributed by atoms with E-state index >= 15 is 0 Å². The Bertz CT molecular complexity index is 577. The number of rotatable bonds is 8. The van der Waals surface area contributed by atoms with Crippen LogP contribution in [0.1, 0.15) is 50.1 Å². The van der Waals surface area contributed by atoms with Gasteiger partial charge in [-0.05, 0) is 95.9 Å². The van der Waals surface area contributed by atoms with Crippen LogP contribution in [0.5, 0.6) is 0 Å². The highest BCUT2D eigenvalue weighted by atomic mass is 19.1. The van der Waals surface area contributed by atoms with E-state index in [1.807, 2.05) is 0 Å². The van der Waals surface area contributed by atoms with Crippen LogP contribution in [0.4, 0.5) is 4.39 Å². The molecule has 1 saturated carbocycles. The Morgan fingerprint density at radius 3 is 2.42 bits per heavy atom. The monoisotopic (exact) mass is 361 g/mol. The lowest BCUT2D eigenvalue weighted by atomic mass is 9.90. The fourth-order valence-corrected chi connectivity index (χ4v) is 3.88. The summed E-state index contributed by atoms with van der Waals surface area (Å²) in [4.78, 5) is 17.4. The van der Waals surface area contributed by atoms with Gasteiger partial charge in [-0.15, -0.1) is 0 Å². The highest BCUT2D eigenvalue weighted by Gasteiger charge is 2.34. The van der Waals surface area contributed by atoms with Gasteiger partial charge in [0.2, 0.25) is 5.91 Å². The number of piperidine rings is 1. The third-order valence-electron chi connectivity index (χ3n) is 5.59. The predicted molar refractivity (Wildman–Crippen MR) is 102 cm³/mol. The lowest BCUT2D eigenvalue weighted by Gasteiger charge is -2.37. The van der Waals surface area contributed by atoms with Gasteiger partial charge in [-0.1, -0.05) is 12.1 Å². The molecule has 0 unspecified atom stereocenters. The second-order valence-electron chi connectivity index (χ2n) is 8.16. The standard InChI is InChI=1S/C21H32FN3O/c1-24(2)13-3-4-16-11-14-25(15-12-16)20(21(26)23-19-9-10-19)17-5-7-18(22)8-6-17/h5-8,16,19-20H,3-4,9-15H2,1-2H3,(H,23,26)/t20-/m1/s1. The molecule has 1 saturated heterocycles. The van der Waals surface area contributed by atoms with Gasteiger partial charge in [0.05, 0.1) is 0 Å². The Hall–Kier alpha value is -1.46. The van der Waals surface area contributed by atoms with Gasteiger partial charge in [0, 0.05) is 6.04 Å². The van der Waals surface area contributed by atoms with Crippen LogP contribution in [0, 0.1) is 11.7 Å². The van der Waals surface area contributed by atoms with Crippen LogP contribution in [0.3, 0.4) is 0 Å². The number of halogens is 1. The Morgan fingerprint density at radius 1 is 1.19 bits per heavy atom. The molecule has 26 heavy (non-hydrogen) atoms. The molecule has 0 radical (unpaired) electrons. The van der Waals surface area contributed by atoms with Crippen LogP contribution in [-0.4, -0.2) is 55.5 Å². The normalized spacial score (nSPS) is 20.3. The first-order valence-electron chi connectivity index (χ1n) is 9.97. The first-order valence-corrected chi connectivity index (χ1v) is 9.97. The van der Waals surface area contributed by atoms with E-state index in [0.717, 1.165) is 56.8 Å². The van der Waals surface area contributed by atoms with Crippen LogP contribution in [0.15, 0.2) is 24.3 Å². The van der Waals surface area contributed by atoms with Crippen molar-refractivity contribution in [2.24, 2.45) is 5.92 Å². The second kappa shape index (κ2) is 8.96. The molecule has 2 fully saturated rings. The number of carbonyl (C=O) groups excluding carboxylic acids is 1. The molecule has 4 nitrogen and oxygen atoms in total. The quantitative estimate of drug-likeness (QED) is 0.772. The molecule has 2 aliphatic rings. The molecule has 1 N–H and O–H groups in total. The number of carbonyl (C=O) groups is 1. The van der Waals surface area contributed by atoms with Crippen molar-refractivity contribution in [3.63, 3.8) is 0 Å². The minimum atomic E-state index is -0.293. The van der Waals surface area contributed by atoms with E-state index in [0.29, 0.717) is 6.04 Å². The van der Waals surface area contributed by atoms with Crippen molar-refractivity contribution in [3.05, 3.63) is 35.6 Å². The summed E-state index contributed by atoms with van der Waals surface area (Å²) >= 11 is 0. The minimum Gasteiger partial charge on any atom is -0.352 e. The number of likely N-dealkylation sites (tertiary alicyclic amines) is 1. The third-order valence-corrected chi connectivity index (χ3v) is 5.59. The Morgan fingerprint density at radius 2 is 1.85 bits per heavy atom. The van der Waals surface area contributed by atoms with Crippen molar-refractivity contribution in [2.75, 3.05) is 33.7 Å². The van der Waals surface area contributed by atoms with Gasteiger partial charge in [0.25, 0.3) is 0 Å². The van der Waals surface area contributed by atoms with Crippen LogP contribution >= 0.6 is 0 Å². The summed E-state index contributed by atoms with van der Waals surface area (Å²) in [7, 11) is 4.24. The smallest absolute Gasteiger partial charge is 0.242 e. The van der Waals surface area contributed by atoms with E-state index in [9.17, 15) is 9.18 Å². The maximum absolute atomic E-state index is 13.3. The zero-order valence-corrected chi connectivity index (χ0v) is 16.1. The summed E-state index contributed by atoms with van der Waals surface area (Å²) in [5.74, 6) is 0.575. The van der Waals surface area contributed by atoms with Crippen molar-refractivity contribution < 1.29 is 9.18 Å². The largest absolute Gasteiger partial charge is 0.352 e. The van der Waals surface area contributed by atoms with Crippen LogP contribution in [0.25, 0.3) is 0 Å². The SMILES string of the molecule is CN(C)CCCC1CCN([C@@H](C(=O)NC2CC2)c2ccc(F)cc2)CC1. The van der Waals surface area contributed by atoms with Gasteiger partial charge >= 0.3 is 0 Å². The van der Waals surface area contributed by atoms with E-state index in [1.54, 1.807) is 12.1 Å². The Balaban J connectivity index is 1.60. The highest BCUT2D eigenvalue weighted by Crippen LogP contribution is 2.30. The van der Waals surface area contributed by atoms with E-state index < -0.39 is 0 Å². The Kier molecular flexibility index (Phi) is 6.65. The van der Waals surface area contributed by atoms with E-state index in [2.05, 4.69) is 29.2 Å². The summed E-state index contributed by atoms with van der Waals surface area (Å²) in [6, 6.07) is 6.49. The lowest BCUT2D eigenvalue weighted by molar-refractivity contribution is -0.127. The number of amides is 1. The first-order chi connectivity index (χ1) is 12.5. The maximum Gasteiger partial charge on any atom is 0.242 e. The molecule has 0 aromatic heterocycles. The molecule has 1 heterocycles. The van der Waals surface area contributed by atoms with Crippen molar-refractivity contribution in [1.29, 1.82) is 0 Å². The molecule has 1 aromatic rings. The molecule has 1 aromatic carbocycles. The summed E-state index contributed by atoms with van der Waals surface area (Å²) < 4.78 is 13.3. The van der Waals surface area contributed by atoms with Crippen LogP contribution < -0.4 is 5.32 Å². The van der Waals surface area contributed by atoms with Crippen molar-refractivity contribution in [3.8, 4) is 0 Å². The van der Waals surface area contributed by atoms with Gasteiger partial charge in [-0.3, -0.25) is 9.69 Å². The van der Waals surface area contributed by atoms with Gasteiger partial charge in [-0.25, -0.2) is 4.39 Å². The van der Waals surface area contributed by atoms with E-state index in [4.69, 9.17) is 0 Å². The van der Waals surface area contributed by atoms with Crippen molar-refractivity contribution in [2.45, 2.75) is 50.6 Å². The number of nitrogens with one attached hydrogen (secondary N) is 1. The summed E-state index contributed by atoms with van der Waals surface area (Å²) in [6.07, 6.45) is 6.94.